The van der Waals surface area contributed by atoms with E-state index in [9.17, 15) is 18.0 Å². The molecule has 2 amide bonds. The number of carbonyl (C=O) groups is 2. The maximum absolute atomic E-state index is 12.9. The number of sulfonamides is 1. The highest BCUT2D eigenvalue weighted by Gasteiger charge is 2.44. The van der Waals surface area contributed by atoms with Crippen LogP contribution in [0.25, 0.3) is 0 Å². The smallest absolute Gasteiger partial charge is 0.267 e. The van der Waals surface area contributed by atoms with Crippen LogP contribution in [-0.4, -0.2) is 30.6 Å². The Kier molecular flexibility index (Phi) is 5.46. The molecule has 1 fully saturated rings. The summed E-state index contributed by atoms with van der Waals surface area (Å²) < 4.78 is 26.5. The highest BCUT2D eigenvalue weighted by Crippen LogP contribution is 2.29. The molecule has 9 heteroatoms. The van der Waals surface area contributed by atoms with Crippen LogP contribution >= 0.6 is 23.2 Å². The van der Waals surface area contributed by atoms with Crippen molar-refractivity contribution in [1.82, 2.24) is 4.31 Å². The van der Waals surface area contributed by atoms with Gasteiger partial charge in [-0.2, -0.15) is 0 Å². The number of rotatable bonds is 4. The highest BCUT2D eigenvalue weighted by molar-refractivity contribution is 7.89. The Hall–Kier alpha value is -2.09. The van der Waals surface area contributed by atoms with Crippen molar-refractivity contribution in [3.63, 3.8) is 0 Å². The number of benzene rings is 2. The van der Waals surface area contributed by atoms with Crippen LogP contribution in [0.1, 0.15) is 18.4 Å². The number of carbonyl (C=O) groups excluding carboxylic acids is 2. The third kappa shape index (κ3) is 3.95. The van der Waals surface area contributed by atoms with Gasteiger partial charge in [0.25, 0.3) is 10.0 Å². The van der Waals surface area contributed by atoms with Crippen molar-refractivity contribution in [1.29, 1.82) is 0 Å². The van der Waals surface area contributed by atoms with Gasteiger partial charge in [-0.05, 0) is 43.7 Å². The lowest BCUT2D eigenvalue weighted by atomic mass is 10.2. The maximum atomic E-state index is 12.9. The van der Waals surface area contributed by atoms with Gasteiger partial charge >= 0.3 is 0 Å². The Balaban J connectivity index is 1.88. The highest BCUT2D eigenvalue weighted by atomic mass is 35.5. The Morgan fingerprint density at radius 1 is 1.11 bits per heavy atom. The summed E-state index contributed by atoms with van der Waals surface area (Å²) in [7, 11) is -4.13. The van der Waals surface area contributed by atoms with Gasteiger partial charge in [0.2, 0.25) is 11.8 Å². The van der Waals surface area contributed by atoms with Gasteiger partial charge in [0.05, 0.1) is 14.9 Å². The van der Waals surface area contributed by atoms with E-state index in [0.29, 0.717) is 15.0 Å². The fraction of sp³-hybridized carbons (Fsp3) is 0.222. The maximum Gasteiger partial charge on any atom is 0.267 e. The summed E-state index contributed by atoms with van der Waals surface area (Å²) in [5, 5.41) is 3.17. The van der Waals surface area contributed by atoms with E-state index in [-0.39, 0.29) is 22.8 Å². The number of aryl methyl sites for hydroxylation is 1. The standard InChI is InChI=1S/C18H16Cl2N2O4S/c1-11-2-5-13(6-3-11)27(25,26)22-16(8-9-17(22)23)18(24)21-12-4-7-14(19)15(20)10-12/h2-7,10,16H,8-9H2,1H3,(H,21,24)/t16-/m0/s1. The SMILES string of the molecule is Cc1ccc(S(=O)(=O)N2C(=O)CC[C@H]2C(=O)Nc2ccc(Cl)c(Cl)c2)cc1. The number of hydrogen-bond donors (Lipinski definition) is 1. The van der Waals surface area contributed by atoms with Gasteiger partial charge in [-0.3, -0.25) is 9.59 Å². The van der Waals surface area contributed by atoms with E-state index >= 15 is 0 Å². The van der Waals surface area contributed by atoms with E-state index in [4.69, 9.17) is 23.2 Å². The Bertz CT molecular complexity index is 1010. The van der Waals surface area contributed by atoms with Crippen LogP contribution in [0.15, 0.2) is 47.4 Å². The summed E-state index contributed by atoms with van der Waals surface area (Å²) in [6.07, 6.45) is 0.0850. The van der Waals surface area contributed by atoms with E-state index in [0.717, 1.165) is 5.56 Å². The number of nitrogens with one attached hydrogen (secondary N) is 1. The van der Waals surface area contributed by atoms with Gasteiger partial charge in [0.1, 0.15) is 6.04 Å². The molecular weight excluding hydrogens is 411 g/mol. The van der Waals surface area contributed by atoms with Gasteiger partial charge in [0, 0.05) is 12.1 Å². The third-order valence-corrected chi connectivity index (χ3v) is 6.81. The lowest BCUT2D eigenvalue weighted by molar-refractivity contribution is -0.128. The van der Waals surface area contributed by atoms with E-state index < -0.39 is 27.9 Å². The minimum absolute atomic E-state index is 0.0233. The zero-order chi connectivity index (χ0) is 19.8. The predicted octanol–water partition coefficient (Wildman–Crippen LogP) is 3.62. The fourth-order valence-electron chi connectivity index (χ4n) is 2.82. The summed E-state index contributed by atoms with van der Waals surface area (Å²) in [5.41, 5.74) is 1.25. The molecule has 2 aromatic rings. The van der Waals surface area contributed by atoms with Crippen molar-refractivity contribution in [3.05, 3.63) is 58.1 Å². The molecule has 6 nitrogen and oxygen atoms in total. The first kappa shape index (κ1) is 19.7. The van der Waals surface area contributed by atoms with Crippen LogP contribution in [0.2, 0.25) is 10.0 Å². The van der Waals surface area contributed by atoms with Crippen molar-refractivity contribution in [2.75, 3.05) is 5.32 Å². The molecule has 142 valence electrons. The summed E-state index contributed by atoms with van der Waals surface area (Å²) in [6.45, 7) is 1.82. The molecule has 3 rings (SSSR count). The third-order valence-electron chi connectivity index (χ3n) is 4.23. The average molecular weight is 427 g/mol. The largest absolute Gasteiger partial charge is 0.324 e. The second-order valence-corrected chi connectivity index (χ2v) is 8.81. The van der Waals surface area contributed by atoms with Gasteiger partial charge in [0.15, 0.2) is 0 Å². The summed E-state index contributed by atoms with van der Waals surface area (Å²) >= 11 is 11.8. The van der Waals surface area contributed by atoms with Crippen LogP contribution in [0.3, 0.4) is 0 Å². The molecule has 1 aliphatic heterocycles. The van der Waals surface area contributed by atoms with Crippen molar-refractivity contribution in [2.45, 2.75) is 30.7 Å². The predicted molar refractivity (Wildman–Crippen MR) is 103 cm³/mol. The Morgan fingerprint density at radius 2 is 1.78 bits per heavy atom. The molecule has 0 unspecified atom stereocenters. The fourth-order valence-corrected chi connectivity index (χ4v) is 4.72. The van der Waals surface area contributed by atoms with E-state index in [1.165, 1.54) is 24.3 Å². The minimum Gasteiger partial charge on any atom is -0.324 e. The molecule has 0 bridgehead atoms. The lowest BCUT2D eigenvalue weighted by Gasteiger charge is -2.23. The molecule has 0 radical (unpaired) electrons. The zero-order valence-corrected chi connectivity index (χ0v) is 16.6. The molecule has 27 heavy (non-hydrogen) atoms. The van der Waals surface area contributed by atoms with Crippen molar-refractivity contribution in [2.24, 2.45) is 0 Å². The molecule has 0 spiro atoms. The quantitative estimate of drug-likeness (QED) is 0.808. The van der Waals surface area contributed by atoms with Gasteiger partial charge in [-0.1, -0.05) is 40.9 Å². The molecule has 1 heterocycles. The minimum atomic E-state index is -4.13. The summed E-state index contributed by atoms with van der Waals surface area (Å²) in [5.74, 6) is -1.21. The van der Waals surface area contributed by atoms with Gasteiger partial charge < -0.3 is 5.32 Å². The molecular formula is C18H16Cl2N2O4S. The van der Waals surface area contributed by atoms with Gasteiger partial charge in [-0.25, -0.2) is 12.7 Å². The normalized spacial score (nSPS) is 17.2. The van der Waals surface area contributed by atoms with Crippen LogP contribution in [0, 0.1) is 6.92 Å². The van der Waals surface area contributed by atoms with Crippen molar-refractivity contribution < 1.29 is 18.0 Å². The monoisotopic (exact) mass is 426 g/mol. The van der Waals surface area contributed by atoms with Crippen LogP contribution in [-0.2, 0) is 19.6 Å². The topological polar surface area (TPSA) is 83.6 Å². The number of hydrogen-bond acceptors (Lipinski definition) is 4. The first-order valence-corrected chi connectivity index (χ1v) is 10.3. The summed E-state index contributed by atoms with van der Waals surface area (Å²) in [6, 6.07) is 9.50. The van der Waals surface area contributed by atoms with E-state index in [1.807, 2.05) is 6.92 Å². The molecule has 0 aromatic heterocycles. The van der Waals surface area contributed by atoms with Crippen LogP contribution in [0.4, 0.5) is 5.69 Å². The molecule has 1 atom stereocenters. The first-order valence-electron chi connectivity index (χ1n) is 8.10. The molecule has 0 aliphatic carbocycles. The number of halogens is 2. The number of amides is 2. The first-order chi connectivity index (χ1) is 12.7. The van der Waals surface area contributed by atoms with Gasteiger partial charge in [-0.15, -0.1) is 0 Å². The molecule has 1 N–H and O–H groups in total. The molecule has 1 saturated heterocycles. The summed E-state index contributed by atoms with van der Waals surface area (Å²) in [4.78, 5) is 24.9. The molecule has 1 aliphatic rings. The van der Waals surface area contributed by atoms with Crippen molar-refractivity contribution >= 4 is 50.7 Å². The van der Waals surface area contributed by atoms with Crippen LogP contribution < -0.4 is 5.32 Å². The number of nitrogens with zero attached hydrogens (tertiary/aromatic N) is 1. The Labute approximate surface area is 167 Å². The average Bonchev–Trinajstić information content (AvgIpc) is 3.01. The zero-order valence-electron chi connectivity index (χ0n) is 14.3. The van der Waals surface area contributed by atoms with E-state index in [2.05, 4.69) is 5.32 Å². The van der Waals surface area contributed by atoms with Crippen molar-refractivity contribution in [3.8, 4) is 0 Å². The Morgan fingerprint density at radius 3 is 2.41 bits per heavy atom. The van der Waals surface area contributed by atoms with E-state index in [1.54, 1.807) is 18.2 Å². The second-order valence-electron chi connectivity index (χ2n) is 6.18. The molecule has 2 aromatic carbocycles. The molecule has 0 saturated carbocycles. The second kappa shape index (κ2) is 7.50. The van der Waals surface area contributed by atoms with Crippen LogP contribution in [0.5, 0.6) is 0 Å². The lowest BCUT2D eigenvalue weighted by Crippen LogP contribution is -2.45. The number of anilines is 1.